The van der Waals surface area contributed by atoms with Crippen molar-refractivity contribution in [1.29, 1.82) is 0 Å². The molecule has 0 aliphatic heterocycles. The zero-order chi connectivity index (χ0) is 9.84. The fourth-order valence-electron chi connectivity index (χ4n) is 1.24. The molecule has 0 saturated carbocycles. The third-order valence-corrected chi connectivity index (χ3v) is 3.92. The molecule has 74 valence electrons. The summed E-state index contributed by atoms with van der Waals surface area (Å²) in [5.41, 5.74) is 1.37. The molecule has 2 heteroatoms. The van der Waals surface area contributed by atoms with Crippen LogP contribution in [-0.2, 0) is 6.42 Å². The molecule has 0 aliphatic carbocycles. The Labute approximate surface area is 89.9 Å². The summed E-state index contributed by atoms with van der Waals surface area (Å²) in [6.45, 7) is 6.69. The van der Waals surface area contributed by atoms with Gasteiger partial charge in [0.05, 0.1) is 0 Å². The maximum absolute atomic E-state index is 6.32. The summed E-state index contributed by atoms with van der Waals surface area (Å²) < 4.78 is 0. The maximum Gasteiger partial charge on any atom is 0.0404 e. The van der Waals surface area contributed by atoms with Crippen molar-refractivity contribution in [3.63, 3.8) is 0 Å². The lowest BCUT2D eigenvalue weighted by Gasteiger charge is -2.20. The zero-order valence-electron chi connectivity index (χ0n) is 8.46. The van der Waals surface area contributed by atoms with Gasteiger partial charge in [0.1, 0.15) is 0 Å². The van der Waals surface area contributed by atoms with Gasteiger partial charge in [0.15, 0.2) is 0 Å². The summed E-state index contributed by atoms with van der Waals surface area (Å²) in [6.07, 6.45) is 1.00. The van der Waals surface area contributed by atoms with Gasteiger partial charge in [0.25, 0.3) is 0 Å². The molecular weight excluding hydrogens is 200 g/mol. The average molecular weight is 217 g/mol. The Bertz CT molecular complexity index is 228. The van der Waals surface area contributed by atoms with Crippen molar-refractivity contribution in [2.24, 2.45) is 11.8 Å². The quantitative estimate of drug-likeness (QED) is 0.663. The second kappa shape index (κ2) is 5.02. The van der Waals surface area contributed by atoms with Gasteiger partial charge in [-0.2, -0.15) is 11.3 Å². The molecule has 0 spiro atoms. The van der Waals surface area contributed by atoms with Gasteiger partial charge < -0.3 is 0 Å². The molecule has 1 heterocycles. The highest BCUT2D eigenvalue weighted by Gasteiger charge is 2.17. The highest BCUT2D eigenvalue weighted by molar-refractivity contribution is 7.07. The van der Waals surface area contributed by atoms with Gasteiger partial charge in [-0.05, 0) is 40.6 Å². The largest absolute Gasteiger partial charge is 0.152 e. The van der Waals surface area contributed by atoms with Crippen molar-refractivity contribution >= 4 is 22.9 Å². The van der Waals surface area contributed by atoms with Crippen molar-refractivity contribution in [3.05, 3.63) is 22.4 Å². The van der Waals surface area contributed by atoms with Crippen LogP contribution in [-0.4, -0.2) is 5.38 Å². The van der Waals surface area contributed by atoms with Gasteiger partial charge >= 0.3 is 0 Å². The van der Waals surface area contributed by atoms with Crippen LogP contribution in [0.4, 0.5) is 0 Å². The minimum absolute atomic E-state index is 0.273. The van der Waals surface area contributed by atoms with E-state index in [4.69, 9.17) is 11.6 Å². The van der Waals surface area contributed by atoms with Gasteiger partial charge in [-0.25, -0.2) is 0 Å². The molecule has 13 heavy (non-hydrogen) atoms. The molecule has 0 saturated heterocycles. The molecule has 0 amide bonds. The molecule has 1 aromatic rings. The lowest BCUT2D eigenvalue weighted by atomic mass is 9.91. The number of rotatable bonds is 4. The van der Waals surface area contributed by atoms with Crippen molar-refractivity contribution in [2.75, 3.05) is 0 Å². The number of thiophene rings is 1. The lowest BCUT2D eigenvalue weighted by Crippen LogP contribution is -2.19. The lowest BCUT2D eigenvalue weighted by molar-refractivity contribution is 0.399. The number of halogens is 1. The second-order valence-electron chi connectivity index (χ2n) is 3.95. The van der Waals surface area contributed by atoms with Crippen molar-refractivity contribution in [1.82, 2.24) is 0 Å². The average Bonchev–Trinajstić information content (AvgIpc) is 2.55. The normalized spacial score (nSPS) is 16.1. The highest BCUT2D eigenvalue weighted by atomic mass is 35.5. The molecule has 0 aliphatic rings. The molecular formula is C11H17ClS. The summed E-state index contributed by atoms with van der Waals surface area (Å²) >= 11 is 8.07. The Hall–Kier alpha value is -0.0100. The number of hydrogen-bond donors (Lipinski definition) is 0. The third kappa shape index (κ3) is 3.32. The Balaban J connectivity index is 2.45. The van der Waals surface area contributed by atoms with Gasteiger partial charge in [0.2, 0.25) is 0 Å². The monoisotopic (exact) mass is 216 g/mol. The fourth-order valence-corrected chi connectivity index (χ4v) is 2.39. The fraction of sp³-hybridized carbons (Fsp3) is 0.636. The minimum atomic E-state index is 0.273. The van der Waals surface area contributed by atoms with Crippen LogP contribution in [0.15, 0.2) is 16.8 Å². The zero-order valence-corrected chi connectivity index (χ0v) is 10.0. The van der Waals surface area contributed by atoms with E-state index in [0.717, 1.165) is 6.42 Å². The van der Waals surface area contributed by atoms with Gasteiger partial charge in [-0.1, -0.05) is 20.8 Å². The minimum Gasteiger partial charge on any atom is -0.152 e. The molecule has 1 aromatic heterocycles. The maximum atomic E-state index is 6.32. The summed E-state index contributed by atoms with van der Waals surface area (Å²) in [5.74, 6) is 1.25. The molecule has 0 N–H and O–H groups in total. The third-order valence-electron chi connectivity index (χ3n) is 2.63. The number of hydrogen-bond acceptors (Lipinski definition) is 1. The highest BCUT2D eigenvalue weighted by Crippen LogP contribution is 2.23. The second-order valence-corrected chi connectivity index (χ2v) is 5.30. The van der Waals surface area contributed by atoms with Crippen LogP contribution in [0.1, 0.15) is 26.3 Å². The van der Waals surface area contributed by atoms with Crippen LogP contribution in [0.25, 0.3) is 0 Å². The van der Waals surface area contributed by atoms with Crippen LogP contribution in [0.3, 0.4) is 0 Å². The molecule has 1 rings (SSSR count). The van der Waals surface area contributed by atoms with E-state index in [1.165, 1.54) is 5.56 Å². The smallest absolute Gasteiger partial charge is 0.0404 e. The van der Waals surface area contributed by atoms with Gasteiger partial charge in [0, 0.05) is 5.38 Å². The van der Waals surface area contributed by atoms with E-state index in [1.807, 2.05) is 0 Å². The van der Waals surface area contributed by atoms with Crippen LogP contribution >= 0.6 is 22.9 Å². The molecule has 0 nitrogen and oxygen atoms in total. The summed E-state index contributed by atoms with van der Waals surface area (Å²) in [6, 6.07) is 2.16. The Morgan fingerprint density at radius 3 is 2.54 bits per heavy atom. The summed E-state index contributed by atoms with van der Waals surface area (Å²) in [5, 5.41) is 4.57. The molecule has 0 radical (unpaired) electrons. The van der Waals surface area contributed by atoms with Gasteiger partial charge in [-0.15, -0.1) is 11.6 Å². The van der Waals surface area contributed by atoms with Gasteiger partial charge in [-0.3, -0.25) is 0 Å². The summed E-state index contributed by atoms with van der Waals surface area (Å²) in [4.78, 5) is 0. The molecule has 0 aromatic carbocycles. The molecule has 2 atom stereocenters. The Morgan fingerprint density at radius 2 is 2.08 bits per heavy atom. The van der Waals surface area contributed by atoms with Crippen molar-refractivity contribution in [3.8, 4) is 0 Å². The first-order valence-corrected chi connectivity index (χ1v) is 6.14. The number of alkyl halides is 1. The topological polar surface area (TPSA) is 0 Å². The van der Waals surface area contributed by atoms with E-state index < -0.39 is 0 Å². The predicted molar refractivity (Wildman–Crippen MR) is 61.7 cm³/mol. The first-order chi connectivity index (χ1) is 6.11. The van der Waals surface area contributed by atoms with E-state index in [1.54, 1.807) is 11.3 Å². The Kier molecular flexibility index (Phi) is 4.27. The van der Waals surface area contributed by atoms with E-state index in [2.05, 4.69) is 37.6 Å². The Morgan fingerprint density at radius 1 is 1.38 bits per heavy atom. The van der Waals surface area contributed by atoms with Crippen LogP contribution in [0.5, 0.6) is 0 Å². The summed E-state index contributed by atoms with van der Waals surface area (Å²) in [7, 11) is 0. The van der Waals surface area contributed by atoms with Crippen molar-refractivity contribution < 1.29 is 0 Å². The SMILES string of the molecule is CC(C)C(C)C(Cl)Cc1ccsc1. The van der Waals surface area contributed by atoms with E-state index in [9.17, 15) is 0 Å². The first kappa shape index (κ1) is 11.1. The molecule has 0 bridgehead atoms. The van der Waals surface area contributed by atoms with E-state index in [0.29, 0.717) is 11.8 Å². The standard InChI is InChI=1S/C11H17ClS/c1-8(2)9(3)11(12)6-10-4-5-13-7-10/h4-5,7-9,11H,6H2,1-3H3. The van der Waals surface area contributed by atoms with E-state index in [-0.39, 0.29) is 5.38 Å². The molecule has 0 fully saturated rings. The van der Waals surface area contributed by atoms with E-state index >= 15 is 0 Å². The van der Waals surface area contributed by atoms with Crippen LogP contribution < -0.4 is 0 Å². The van der Waals surface area contributed by atoms with Crippen LogP contribution in [0, 0.1) is 11.8 Å². The molecule has 2 unspecified atom stereocenters. The predicted octanol–water partition coefficient (Wildman–Crippen LogP) is 4.19. The van der Waals surface area contributed by atoms with Crippen molar-refractivity contribution in [2.45, 2.75) is 32.6 Å². The first-order valence-electron chi connectivity index (χ1n) is 4.76. The van der Waals surface area contributed by atoms with Crippen LogP contribution in [0.2, 0.25) is 0 Å².